The predicted molar refractivity (Wildman–Crippen MR) is 109 cm³/mol. The topological polar surface area (TPSA) is 36.4 Å². The molecular formula is C23H23N3. The van der Waals surface area contributed by atoms with Gasteiger partial charge in [-0.1, -0.05) is 78.4 Å². The standard InChI is InChI=1S/C23H23N3/c1-16-12-14-18(15-13-16)23-21(19-10-6-7-11-20(19)24-2)22(25-26-23)17-8-4-3-5-9-17/h3-15,21-22,24-25H,1-2H3. The zero-order valence-corrected chi connectivity index (χ0v) is 15.1. The number of para-hydroxylation sites is 1. The fourth-order valence-corrected chi connectivity index (χ4v) is 3.66. The van der Waals surface area contributed by atoms with E-state index in [4.69, 9.17) is 5.10 Å². The third-order valence-corrected chi connectivity index (χ3v) is 5.02. The van der Waals surface area contributed by atoms with Gasteiger partial charge in [0.2, 0.25) is 0 Å². The van der Waals surface area contributed by atoms with E-state index in [2.05, 4.69) is 96.5 Å². The van der Waals surface area contributed by atoms with E-state index in [1.165, 1.54) is 16.7 Å². The van der Waals surface area contributed by atoms with Crippen LogP contribution in [0.2, 0.25) is 0 Å². The monoisotopic (exact) mass is 341 g/mol. The maximum absolute atomic E-state index is 4.77. The van der Waals surface area contributed by atoms with Crippen molar-refractivity contribution in [2.24, 2.45) is 5.10 Å². The SMILES string of the molecule is CNc1ccccc1C1C(c2ccc(C)cc2)=NNC1c1ccccc1. The second-order valence-electron chi connectivity index (χ2n) is 6.70. The Bertz CT molecular complexity index is 914. The van der Waals surface area contributed by atoms with Gasteiger partial charge in [-0.05, 0) is 29.7 Å². The normalized spacial score (nSPS) is 18.9. The van der Waals surface area contributed by atoms with Crippen molar-refractivity contribution in [3.05, 3.63) is 101 Å². The molecule has 3 nitrogen and oxygen atoms in total. The van der Waals surface area contributed by atoms with Gasteiger partial charge in [0.15, 0.2) is 0 Å². The summed E-state index contributed by atoms with van der Waals surface area (Å²) in [5.74, 6) is 0.142. The predicted octanol–water partition coefficient (Wildman–Crippen LogP) is 4.87. The molecule has 3 aromatic carbocycles. The summed E-state index contributed by atoms with van der Waals surface area (Å²) in [4.78, 5) is 0. The number of anilines is 1. The molecule has 3 aromatic rings. The van der Waals surface area contributed by atoms with Gasteiger partial charge >= 0.3 is 0 Å². The van der Waals surface area contributed by atoms with Crippen molar-refractivity contribution in [2.75, 3.05) is 12.4 Å². The van der Waals surface area contributed by atoms with Crippen molar-refractivity contribution in [3.63, 3.8) is 0 Å². The van der Waals surface area contributed by atoms with Gasteiger partial charge in [-0.25, -0.2) is 0 Å². The highest BCUT2D eigenvalue weighted by molar-refractivity contribution is 6.07. The van der Waals surface area contributed by atoms with Crippen LogP contribution in [-0.4, -0.2) is 12.8 Å². The minimum absolute atomic E-state index is 0.113. The molecule has 2 unspecified atom stereocenters. The Morgan fingerprint density at radius 2 is 1.54 bits per heavy atom. The molecule has 130 valence electrons. The average Bonchev–Trinajstić information content (AvgIpc) is 3.14. The molecule has 0 fully saturated rings. The summed E-state index contributed by atoms with van der Waals surface area (Å²) in [5.41, 5.74) is 10.5. The zero-order valence-electron chi connectivity index (χ0n) is 15.1. The third kappa shape index (κ3) is 2.97. The van der Waals surface area contributed by atoms with Gasteiger partial charge in [0.05, 0.1) is 17.7 Å². The Morgan fingerprint density at radius 3 is 2.27 bits per heavy atom. The molecular weight excluding hydrogens is 318 g/mol. The Balaban J connectivity index is 1.82. The number of benzene rings is 3. The van der Waals surface area contributed by atoms with Crippen molar-refractivity contribution in [2.45, 2.75) is 18.9 Å². The van der Waals surface area contributed by atoms with Crippen molar-refractivity contribution in [3.8, 4) is 0 Å². The summed E-state index contributed by atoms with van der Waals surface area (Å²) in [6.45, 7) is 2.11. The van der Waals surface area contributed by atoms with Crippen LogP contribution in [0.15, 0.2) is 84.0 Å². The fraction of sp³-hybridized carbons (Fsp3) is 0.174. The van der Waals surface area contributed by atoms with Crippen molar-refractivity contribution in [1.82, 2.24) is 5.43 Å². The third-order valence-electron chi connectivity index (χ3n) is 5.02. The van der Waals surface area contributed by atoms with E-state index in [1.54, 1.807) is 0 Å². The van der Waals surface area contributed by atoms with Crippen LogP contribution in [0.4, 0.5) is 5.69 Å². The molecule has 1 aliphatic rings. The largest absolute Gasteiger partial charge is 0.388 e. The van der Waals surface area contributed by atoms with Gasteiger partial charge in [0.1, 0.15) is 0 Å². The van der Waals surface area contributed by atoms with Crippen molar-refractivity contribution < 1.29 is 0 Å². The highest BCUT2D eigenvalue weighted by Crippen LogP contribution is 2.40. The molecule has 0 spiro atoms. The zero-order chi connectivity index (χ0) is 17.9. The highest BCUT2D eigenvalue weighted by atomic mass is 15.3. The first-order chi connectivity index (χ1) is 12.8. The molecule has 2 atom stereocenters. The van der Waals surface area contributed by atoms with E-state index in [0.717, 1.165) is 17.0 Å². The van der Waals surface area contributed by atoms with Crippen LogP contribution < -0.4 is 10.7 Å². The van der Waals surface area contributed by atoms with Gasteiger partial charge in [-0.2, -0.15) is 5.10 Å². The number of nitrogens with zero attached hydrogens (tertiary/aromatic N) is 1. The van der Waals surface area contributed by atoms with Gasteiger partial charge in [-0.15, -0.1) is 0 Å². The van der Waals surface area contributed by atoms with Gasteiger partial charge < -0.3 is 10.7 Å². The quantitative estimate of drug-likeness (QED) is 0.710. The van der Waals surface area contributed by atoms with E-state index in [1.807, 2.05) is 7.05 Å². The Labute approximate surface area is 154 Å². The molecule has 26 heavy (non-hydrogen) atoms. The molecule has 2 N–H and O–H groups in total. The molecule has 3 heteroatoms. The summed E-state index contributed by atoms with van der Waals surface area (Å²) in [6.07, 6.45) is 0. The summed E-state index contributed by atoms with van der Waals surface area (Å²) < 4.78 is 0. The fourth-order valence-electron chi connectivity index (χ4n) is 3.66. The van der Waals surface area contributed by atoms with Crippen LogP contribution in [-0.2, 0) is 0 Å². The molecule has 0 saturated carbocycles. The highest BCUT2D eigenvalue weighted by Gasteiger charge is 2.36. The molecule has 0 aliphatic carbocycles. The second-order valence-corrected chi connectivity index (χ2v) is 6.70. The number of hydrazone groups is 1. The Kier molecular flexibility index (Phi) is 4.44. The molecule has 0 aromatic heterocycles. The average molecular weight is 341 g/mol. The van der Waals surface area contributed by atoms with Crippen molar-refractivity contribution >= 4 is 11.4 Å². The number of hydrogen-bond acceptors (Lipinski definition) is 3. The van der Waals surface area contributed by atoms with Crippen molar-refractivity contribution in [1.29, 1.82) is 0 Å². The van der Waals surface area contributed by atoms with Crippen LogP contribution in [0, 0.1) is 6.92 Å². The lowest BCUT2D eigenvalue weighted by molar-refractivity contribution is 0.574. The number of hydrogen-bond donors (Lipinski definition) is 2. The molecule has 0 radical (unpaired) electrons. The van der Waals surface area contributed by atoms with Crippen LogP contribution in [0.1, 0.15) is 34.2 Å². The minimum Gasteiger partial charge on any atom is -0.388 e. The molecule has 1 heterocycles. The molecule has 0 saturated heterocycles. The second kappa shape index (κ2) is 7.04. The van der Waals surface area contributed by atoms with E-state index >= 15 is 0 Å². The van der Waals surface area contributed by atoms with E-state index in [9.17, 15) is 0 Å². The molecule has 0 amide bonds. The maximum atomic E-state index is 4.77. The van der Waals surface area contributed by atoms with Gasteiger partial charge in [-0.3, -0.25) is 0 Å². The van der Waals surface area contributed by atoms with Gasteiger partial charge in [0.25, 0.3) is 0 Å². The first kappa shape index (κ1) is 16.4. The number of aryl methyl sites for hydroxylation is 1. The molecule has 1 aliphatic heterocycles. The summed E-state index contributed by atoms with van der Waals surface area (Å²) >= 11 is 0. The van der Waals surface area contributed by atoms with E-state index in [0.29, 0.717) is 0 Å². The summed E-state index contributed by atoms with van der Waals surface area (Å²) in [6, 6.07) is 27.8. The number of nitrogens with one attached hydrogen (secondary N) is 2. The summed E-state index contributed by atoms with van der Waals surface area (Å²) in [7, 11) is 1.97. The van der Waals surface area contributed by atoms with Crippen LogP contribution in [0.5, 0.6) is 0 Å². The molecule has 4 rings (SSSR count). The van der Waals surface area contributed by atoms with Gasteiger partial charge in [0, 0.05) is 12.7 Å². The van der Waals surface area contributed by atoms with Crippen LogP contribution in [0.25, 0.3) is 0 Å². The van der Waals surface area contributed by atoms with E-state index < -0.39 is 0 Å². The maximum Gasteiger partial charge on any atom is 0.0815 e. The lowest BCUT2D eigenvalue weighted by atomic mass is 9.81. The summed E-state index contributed by atoms with van der Waals surface area (Å²) in [5, 5.41) is 8.11. The Morgan fingerprint density at radius 1 is 0.846 bits per heavy atom. The smallest absolute Gasteiger partial charge is 0.0815 e. The minimum atomic E-state index is 0.113. The lowest BCUT2D eigenvalue weighted by Crippen LogP contribution is -2.21. The first-order valence-electron chi connectivity index (χ1n) is 8.99. The lowest BCUT2D eigenvalue weighted by Gasteiger charge is -2.24. The number of rotatable bonds is 4. The molecule has 0 bridgehead atoms. The van der Waals surface area contributed by atoms with Crippen LogP contribution in [0.3, 0.4) is 0 Å². The first-order valence-corrected chi connectivity index (χ1v) is 8.99. The Hall–Kier alpha value is -3.07. The van der Waals surface area contributed by atoms with Crippen LogP contribution >= 0.6 is 0 Å². The van der Waals surface area contributed by atoms with E-state index in [-0.39, 0.29) is 12.0 Å².